The van der Waals surface area contributed by atoms with Crippen molar-refractivity contribution >= 4 is 22.8 Å². The fourth-order valence-corrected chi connectivity index (χ4v) is 4.24. The summed E-state index contributed by atoms with van der Waals surface area (Å²) >= 11 is 0. The number of ether oxygens (including phenoxy) is 2. The van der Waals surface area contributed by atoms with E-state index >= 15 is 4.39 Å². The van der Waals surface area contributed by atoms with Gasteiger partial charge < -0.3 is 19.4 Å². The van der Waals surface area contributed by atoms with E-state index in [4.69, 9.17) is 9.47 Å². The number of aromatic amines is 1. The number of carbonyl (C=O) groups excluding carboxylic acids is 1. The number of aromatic nitrogens is 2. The van der Waals surface area contributed by atoms with Gasteiger partial charge in [0.1, 0.15) is 5.65 Å². The zero-order valence-electron chi connectivity index (χ0n) is 19.4. The van der Waals surface area contributed by atoms with Crippen LogP contribution < -0.4 is 14.4 Å². The normalized spacial score (nSPS) is 16.5. The number of fused-ring (bicyclic) bond motifs is 1. The number of amides is 2. The maximum Gasteiger partial charge on any atom is 0.325 e. The Morgan fingerprint density at radius 1 is 1.24 bits per heavy atom. The number of anilines is 1. The molecule has 3 aromatic rings. The molecule has 1 N–H and O–H groups in total. The molecule has 0 bridgehead atoms. The number of pyridine rings is 1. The van der Waals surface area contributed by atoms with Crippen LogP contribution in [0, 0.1) is 5.82 Å². The lowest BCUT2D eigenvalue weighted by Gasteiger charge is -2.40. The number of nitrogens with one attached hydrogen (secondary N) is 1. The minimum Gasteiger partial charge on any atom is -0.493 e. The Morgan fingerprint density at radius 2 is 2.09 bits per heavy atom. The molecule has 2 aromatic heterocycles. The third kappa shape index (κ3) is 4.74. The van der Waals surface area contributed by atoms with E-state index in [1.807, 2.05) is 25.3 Å². The first-order chi connectivity index (χ1) is 16.0. The Bertz CT molecular complexity index is 1120. The molecule has 8 heteroatoms. The number of methoxy groups -OCH3 is 1. The minimum absolute atomic E-state index is 0.0296. The predicted octanol–water partition coefficient (Wildman–Crippen LogP) is 5.50. The molecule has 176 valence electrons. The summed E-state index contributed by atoms with van der Waals surface area (Å²) < 4.78 is 26.3. The molecular formula is C25H31FN4O3. The van der Waals surface area contributed by atoms with Gasteiger partial charge in [-0.2, -0.15) is 0 Å². The van der Waals surface area contributed by atoms with Crippen molar-refractivity contribution in [2.75, 3.05) is 25.2 Å². The van der Waals surface area contributed by atoms with E-state index in [2.05, 4.69) is 16.9 Å². The second-order valence-electron chi connectivity index (χ2n) is 8.42. The fraction of sp³-hybridized carbons (Fsp3) is 0.440. The van der Waals surface area contributed by atoms with Crippen molar-refractivity contribution < 1.29 is 18.7 Å². The van der Waals surface area contributed by atoms with Crippen LogP contribution in [0.5, 0.6) is 11.5 Å². The van der Waals surface area contributed by atoms with Crippen LogP contribution in [0.1, 0.15) is 45.1 Å². The highest BCUT2D eigenvalue weighted by Crippen LogP contribution is 2.36. The van der Waals surface area contributed by atoms with Crippen LogP contribution in [0.2, 0.25) is 0 Å². The van der Waals surface area contributed by atoms with Crippen molar-refractivity contribution in [2.24, 2.45) is 0 Å². The molecule has 0 aliphatic carbocycles. The van der Waals surface area contributed by atoms with E-state index in [-0.39, 0.29) is 17.8 Å². The Morgan fingerprint density at radius 3 is 2.88 bits per heavy atom. The van der Waals surface area contributed by atoms with Crippen molar-refractivity contribution in [1.29, 1.82) is 0 Å². The molecule has 1 atom stereocenters. The average Bonchev–Trinajstić information content (AvgIpc) is 3.30. The monoisotopic (exact) mass is 454 g/mol. The van der Waals surface area contributed by atoms with Gasteiger partial charge in [-0.3, -0.25) is 4.90 Å². The number of urea groups is 1. The Kier molecular flexibility index (Phi) is 7.01. The Balaban J connectivity index is 1.59. The van der Waals surface area contributed by atoms with Gasteiger partial charge in [-0.15, -0.1) is 0 Å². The second kappa shape index (κ2) is 10.1. The number of H-pyrrole nitrogens is 1. The molecule has 0 spiro atoms. The molecule has 7 nitrogen and oxygen atoms in total. The zero-order chi connectivity index (χ0) is 23.4. The topological polar surface area (TPSA) is 70.7 Å². The summed E-state index contributed by atoms with van der Waals surface area (Å²) in [5.41, 5.74) is 2.00. The molecule has 33 heavy (non-hydrogen) atoms. The number of nitrogens with zero attached hydrogens (tertiary/aromatic N) is 3. The van der Waals surface area contributed by atoms with Crippen LogP contribution in [0.25, 0.3) is 11.0 Å². The molecule has 0 unspecified atom stereocenters. The number of benzene rings is 1. The molecule has 2 amide bonds. The highest BCUT2D eigenvalue weighted by Gasteiger charge is 2.34. The summed E-state index contributed by atoms with van der Waals surface area (Å²) in [5.74, 6) is 0.271. The lowest BCUT2D eigenvalue weighted by atomic mass is 10.1. The van der Waals surface area contributed by atoms with E-state index < -0.39 is 5.82 Å². The number of hydrogen-bond acceptors (Lipinski definition) is 4. The van der Waals surface area contributed by atoms with Crippen LogP contribution in [0.3, 0.4) is 0 Å². The third-order valence-electron chi connectivity index (χ3n) is 6.20. The highest BCUT2D eigenvalue weighted by atomic mass is 19.1. The summed E-state index contributed by atoms with van der Waals surface area (Å²) in [5, 5.41) is 0.980. The fourth-order valence-electron chi connectivity index (χ4n) is 4.24. The van der Waals surface area contributed by atoms with Crippen molar-refractivity contribution in [2.45, 2.75) is 52.1 Å². The summed E-state index contributed by atoms with van der Waals surface area (Å²) in [6.07, 6.45) is 7.33. The van der Waals surface area contributed by atoms with E-state index in [0.29, 0.717) is 31.2 Å². The van der Waals surface area contributed by atoms with Gasteiger partial charge in [0.15, 0.2) is 17.3 Å². The summed E-state index contributed by atoms with van der Waals surface area (Å²) in [4.78, 5) is 24.2. The number of halogens is 1. The van der Waals surface area contributed by atoms with Crippen LogP contribution in [0.4, 0.5) is 14.9 Å². The third-order valence-corrected chi connectivity index (χ3v) is 6.20. The van der Waals surface area contributed by atoms with E-state index in [1.165, 1.54) is 18.1 Å². The zero-order valence-corrected chi connectivity index (χ0v) is 19.4. The molecule has 1 aliphatic heterocycles. The summed E-state index contributed by atoms with van der Waals surface area (Å²) in [7, 11) is 1.49. The quantitative estimate of drug-likeness (QED) is 0.434. The Hall–Kier alpha value is -3.29. The molecule has 1 aliphatic rings. The number of rotatable bonds is 9. The number of unbranched alkanes of at least 4 members (excludes halogenated alkanes) is 2. The van der Waals surface area contributed by atoms with Gasteiger partial charge in [0.25, 0.3) is 0 Å². The van der Waals surface area contributed by atoms with Gasteiger partial charge in [0, 0.05) is 49.0 Å². The van der Waals surface area contributed by atoms with Gasteiger partial charge in [0.2, 0.25) is 0 Å². The maximum absolute atomic E-state index is 15.1. The van der Waals surface area contributed by atoms with Gasteiger partial charge >= 0.3 is 6.03 Å². The van der Waals surface area contributed by atoms with Crippen molar-refractivity contribution in [3.8, 4) is 11.5 Å². The molecule has 1 aromatic carbocycles. The average molecular weight is 455 g/mol. The predicted molar refractivity (Wildman–Crippen MR) is 126 cm³/mol. The van der Waals surface area contributed by atoms with Crippen molar-refractivity contribution in [1.82, 2.24) is 14.9 Å². The SMILES string of the molecule is CCCCCOc1cc(N2CC[C@H](C)N(Cc3ccnc4[nH]ccc34)C2=O)c(F)cc1OC. The summed E-state index contributed by atoms with van der Waals surface area (Å²) in [6, 6.07) is 6.57. The standard InChI is InChI=1S/C25H31FN4O3/c1-4-5-6-13-33-23-15-21(20(26)14-22(23)32-3)29-12-9-17(2)30(25(29)31)16-18-7-10-27-24-19(18)8-11-28-24/h7-8,10-11,14-15,17H,4-6,9,12-13,16H2,1-3H3,(H,27,28)/t17-/m0/s1. The summed E-state index contributed by atoms with van der Waals surface area (Å²) in [6.45, 7) is 5.52. The van der Waals surface area contributed by atoms with Crippen molar-refractivity contribution in [3.05, 3.63) is 48.0 Å². The molecule has 1 saturated heterocycles. The first-order valence-electron chi connectivity index (χ1n) is 11.5. The van der Waals surface area contributed by atoms with E-state index in [0.717, 1.165) is 42.3 Å². The largest absolute Gasteiger partial charge is 0.493 e. The molecule has 4 rings (SSSR count). The first-order valence-corrected chi connectivity index (χ1v) is 11.5. The minimum atomic E-state index is -0.507. The lowest BCUT2D eigenvalue weighted by Crippen LogP contribution is -2.53. The van der Waals surface area contributed by atoms with Crippen molar-refractivity contribution in [3.63, 3.8) is 0 Å². The highest BCUT2D eigenvalue weighted by molar-refractivity contribution is 5.94. The molecular weight excluding hydrogens is 423 g/mol. The van der Waals surface area contributed by atoms with Gasteiger partial charge in [0.05, 0.1) is 19.4 Å². The molecule has 3 heterocycles. The number of carbonyl (C=O) groups is 1. The van der Waals surface area contributed by atoms with Crippen LogP contribution >= 0.6 is 0 Å². The van der Waals surface area contributed by atoms with Crippen LogP contribution in [0.15, 0.2) is 36.7 Å². The van der Waals surface area contributed by atoms with Crippen LogP contribution in [-0.4, -0.2) is 47.2 Å². The first kappa shape index (κ1) is 22.9. The Labute approximate surface area is 193 Å². The second-order valence-corrected chi connectivity index (χ2v) is 8.42. The van der Waals surface area contributed by atoms with Gasteiger partial charge in [-0.1, -0.05) is 19.8 Å². The molecule has 0 radical (unpaired) electrons. The maximum atomic E-state index is 15.1. The van der Waals surface area contributed by atoms with Gasteiger partial charge in [-0.25, -0.2) is 14.2 Å². The number of hydrogen-bond donors (Lipinski definition) is 1. The van der Waals surface area contributed by atoms with Gasteiger partial charge in [-0.05, 0) is 37.5 Å². The molecule has 1 fully saturated rings. The van der Waals surface area contributed by atoms with E-state index in [9.17, 15) is 4.79 Å². The molecule has 0 saturated carbocycles. The lowest BCUT2D eigenvalue weighted by molar-refractivity contribution is 0.166. The van der Waals surface area contributed by atoms with Crippen LogP contribution in [-0.2, 0) is 6.54 Å². The smallest absolute Gasteiger partial charge is 0.325 e. The van der Waals surface area contributed by atoms with E-state index in [1.54, 1.807) is 17.2 Å².